The van der Waals surface area contributed by atoms with E-state index < -0.39 is 0 Å². The van der Waals surface area contributed by atoms with Gasteiger partial charge < -0.3 is 10.1 Å². The lowest BCUT2D eigenvalue weighted by atomic mass is 9.81. The second-order valence-corrected chi connectivity index (χ2v) is 6.76. The molecule has 1 N–H and O–H groups in total. The summed E-state index contributed by atoms with van der Waals surface area (Å²) >= 11 is 0. The number of benzene rings is 3. The van der Waals surface area contributed by atoms with Crippen molar-refractivity contribution in [3.05, 3.63) is 71.8 Å². The van der Waals surface area contributed by atoms with Crippen molar-refractivity contribution in [2.45, 2.75) is 19.3 Å². The van der Waals surface area contributed by atoms with Crippen LogP contribution in [0.2, 0.25) is 0 Å². The summed E-state index contributed by atoms with van der Waals surface area (Å²) in [6, 6.07) is 21.0. The molecule has 112 valence electrons. The summed E-state index contributed by atoms with van der Waals surface area (Å²) in [5.41, 5.74) is 7.42. The fraction of sp³-hybridized carbons (Fsp3) is 0.143. The molecule has 0 saturated carbocycles. The van der Waals surface area contributed by atoms with Crippen LogP contribution in [0.3, 0.4) is 0 Å². The zero-order valence-corrected chi connectivity index (χ0v) is 13.2. The molecule has 0 amide bonds. The van der Waals surface area contributed by atoms with Gasteiger partial charge in [0.1, 0.15) is 0 Å². The topological polar surface area (TPSA) is 21.3 Å². The highest BCUT2D eigenvalue weighted by atomic mass is 16.5. The van der Waals surface area contributed by atoms with Gasteiger partial charge in [0.25, 0.3) is 0 Å². The molecule has 23 heavy (non-hydrogen) atoms. The van der Waals surface area contributed by atoms with Crippen LogP contribution in [-0.4, -0.2) is 0 Å². The summed E-state index contributed by atoms with van der Waals surface area (Å²) in [7, 11) is 0. The molecule has 0 bridgehead atoms. The monoisotopic (exact) mass is 299 g/mol. The highest BCUT2D eigenvalue weighted by Gasteiger charge is 2.39. The normalized spacial score (nSPS) is 15.6. The van der Waals surface area contributed by atoms with Gasteiger partial charge >= 0.3 is 0 Å². The summed E-state index contributed by atoms with van der Waals surface area (Å²) in [4.78, 5) is 0. The lowest BCUT2D eigenvalue weighted by Gasteiger charge is -2.29. The number of hydrogen-bond acceptors (Lipinski definition) is 2. The number of ether oxygens (including phenoxy) is 1. The first-order valence-corrected chi connectivity index (χ1v) is 7.97. The van der Waals surface area contributed by atoms with Crippen molar-refractivity contribution in [3.8, 4) is 22.6 Å². The Labute approximate surface area is 135 Å². The first-order chi connectivity index (χ1) is 11.2. The van der Waals surface area contributed by atoms with Gasteiger partial charge in [-0.3, -0.25) is 0 Å². The van der Waals surface area contributed by atoms with Gasteiger partial charge in [-0.2, -0.15) is 0 Å². The number of para-hydroxylation sites is 2. The van der Waals surface area contributed by atoms with Gasteiger partial charge in [0.2, 0.25) is 0 Å². The van der Waals surface area contributed by atoms with Gasteiger partial charge in [-0.05, 0) is 40.5 Å². The minimum atomic E-state index is -0.0418. The summed E-state index contributed by atoms with van der Waals surface area (Å²) in [6.07, 6.45) is 0. The van der Waals surface area contributed by atoms with Gasteiger partial charge in [0, 0.05) is 5.41 Å². The van der Waals surface area contributed by atoms with E-state index in [2.05, 4.69) is 61.6 Å². The van der Waals surface area contributed by atoms with Crippen LogP contribution in [0.15, 0.2) is 60.7 Å². The highest BCUT2D eigenvalue weighted by molar-refractivity contribution is 5.91. The molecular weight excluding hydrogens is 282 g/mol. The molecule has 2 aliphatic rings. The third kappa shape index (κ3) is 1.58. The van der Waals surface area contributed by atoms with Crippen molar-refractivity contribution in [1.82, 2.24) is 0 Å². The first kappa shape index (κ1) is 12.8. The molecule has 2 nitrogen and oxygen atoms in total. The van der Waals surface area contributed by atoms with Gasteiger partial charge in [-0.25, -0.2) is 0 Å². The molecule has 0 fully saturated rings. The highest BCUT2D eigenvalue weighted by Crippen LogP contribution is 2.56. The molecule has 3 aromatic rings. The van der Waals surface area contributed by atoms with E-state index in [0.717, 1.165) is 22.9 Å². The average molecular weight is 299 g/mol. The Morgan fingerprint density at radius 2 is 1.57 bits per heavy atom. The minimum absolute atomic E-state index is 0.0418. The summed E-state index contributed by atoms with van der Waals surface area (Å²) in [5, 5.41) is 3.61. The Bertz CT molecular complexity index is 956. The molecule has 1 aliphatic heterocycles. The molecule has 0 radical (unpaired) electrons. The van der Waals surface area contributed by atoms with E-state index in [1.807, 2.05) is 18.2 Å². The van der Waals surface area contributed by atoms with Gasteiger partial charge in [0.05, 0.1) is 11.4 Å². The Morgan fingerprint density at radius 3 is 2.48 bits per heavy atom. The minimum Gasteiger partial charge on any atom is -0.453 e. The number of rotatable bonds is 0. The quantitative estimate of drug-likeness (QED) is 0.440. The van der Waals surface area contributed by atoms with Crippen molar-refractivity contribution in [2.75, 3.05) is 5.32 Å². The van der Waals surface area contributed by atoms with Crippen LogP contribution in [0.25, 0.3) is 11.1 Å². The van der Waals surface area contributed by atoms with Crippen molar-refractivity contribution in [1.29, 1.82) is 0 Å². The van der Waals surface area contributed by atoms with E-state index in [-0.39, 0.29) is 5.41 Å². The second kappa shape index (κ2) is 4.17. The van der Waals surface area contributed by atoms with Crippen LogP contribution >= 0.6 is 0 Å². The molecule has 0 spiro atoms. The van der Waals surface area contributed by atoms with Crippen LogP contribution in [0.5, 0.6) is 11.5 Å². The second-order valence-electron chi connectivity index (χ2n) is 6.76. The molecule has 0 aromatic heterocycles. The standard InChI is InChI=1S/C21H17NO/c1-21(2)15-8-4-3-7-13(15)14-11-12-18-20(19(14)21)22-16-9-5-6-10-17(16)23-18/h3-12,22H,1-2H3. The van der Waals surface area contributed by atoms with E-state index in [1.165, 1.54) is 22.3 Å². The molecule has 3 aromatic carbocycles. The SMILES string of the molecule is CC1(C)c2ccccc2-c2ccc3c(c21)Nc1ccccc1O3. The number of anilines is 2. The molecule has 1 aliphatic carbocycles. The molecule has 0 atom stereocenters. The molecule has 5 rings (SSSR count). The molecular formula is C21H17NO. The molecule has 1 heterocycles. The Hall–Kier alpha value is -2.74. The maximum atomic E-state index is 6.13. The number of fused-ring (bicyclic) bond motifs is 6. The third-order valence-corrected chi connectivity index (χ3v) is 5.05. The predicted molar refractivity (Wildman–Crippen MR) is 93.8 cm³/mol. The van der Waals surface area contributed by atoms with Crippen LogP contribution in [0.4, 0.5) is 11.4 Å². The molecule has 0 saturated heterocycles. The summed E-state index contributed by atoms with van der Waals surface area (Å²) in [5.74, 6) is 1.79. The van der Waals surface area contributed by atoms with E-state index in [1.54, 1.807) is 0 Å². The van der Waals surface area contributed by atoms with Crippen molar-refractivity contribution < 1.29 is 4.74 Å². The van der Waals surface area contributed by atoms with E-state index in [4.69, 9.17) is 4.74 Å². The van der Waals surface area contributed by atoms with Crippen LogP contribution < -0.4 is 10.1 Å². The van der Waals surface area contributed by atoms with E-state index >= 15 is 0 Å². The number of hydrogen-bond donors (Lipinski definition) is 1. The van der Waals surface area contributed by atoms with Gasteiger partial charge in [-0.1, -0.05) is 56.3 Å². The fourth-order valence-electron chi connectivity index (χ4n) is 3.98. The maximum absolute atomic E-state index is 6.13. The largest absolute Gasteiger partial charge is 0.453 e. The van der Waals surface area contributed by atoms with Crippen LogP contribution in [-0.2, 0) is 5.41 Å². The van der Waals surface area contributed by atoms with Gasteiger partial charge in [0.15, 0.2) is 11.5 Å². The van der Waals surface area contributed by atoms with Crippen molar-refractivity contribution in [3.63, 3.8) is 0 Å². The summed E-state index contributed by atoms with van der Waals surface area (Å²) in [6.45, 7) is 4.58. The van der Waals surface area contributed by atoms with Crippen molar-refractivity contribution in [2.24, 2.45) is 0 Å². The average Bonchev–Trinajstić information content (AvgIpc) is 2.81. The zero-order valence-electron chi connectivity index (χ0n) is 13.2. The maximum Gasteiger partial charge on any atom is 0.151 e. The Morgan fingerprint density at radius 1 is 0.783 bits per heavy atom. The number of nitrogens with one attached hydrogen (secondary N) is 1. The third-order valence-electron chi connectivity index (χ3n) is 5.05. The predicted octanol–water partition coefficient (Wildman–Crippen LogP) is 5.84. The fourth-order valence-corrected chi connectivity index (χ4v) is 3.98. The Kier molecular flexibility index (Phi) is 2.31. The van der Waals surface area contributed by atoms with Gasteiger partial charge in [-0.15, -0.1) is 0 Å². The lowest BCUT2D eigenvalue weighted by Crippen LogP contribution is -2.18. The lowest BCUT2D eigenvalue weighted by molar-refractivity contribution is 0.479. The van der Waals surface area contributed by atoms with E-state index in [0.29, 0.717) is 0 Å². The van der Waals surface area contributed by atoms with Crippen molar-refractivity contribution >= 4 is 11.4 Å². The zero-order chi connectivity index (χ0) is 15.6. The molecule has 0 unspecified atom stereocenters. The van der Waals surface area contributed by atoms with E-state index in [9.17, 15) is 0 Å². The summed E-state index contributed by atoms with van der Waals surface area (Å²) < 4.78 is 6.13. The smallest absolute Gasteiger partial charge is 0.151 e. The first-order valence-electron chi connectivity index (χ1n) is 7.97. The van der Waals surface area contributed by atoms with Crippen LogP contribution in [0.1, 0.15) is 25.0 Å². The Balaban J connectivity index is 1.78. The molecule has 2 heteroatoms. The van der Waals surface area contributed by atoms with Crippen LogP contribution in [0, 0.1) is 0 Å².